The average molecular weight is 216 g/mol. The molecule has 1 aliphatic carbocycles. The number of rotatable bonds is 5. The summed E-state index contributed by atoms with van der Waals surface area (Å²) < 4.78 is 0. The summed E-state index contributed by atoms with van der Waals surface area (Å²) in [5.74, 6) is 0. The predicted octanol–water partition coefficient (Wildman–Crippen LogP) is 3.64. The first kappa shape index (κ1) is 11.4. The topological polar surface area (TPSA) is 20.2 Å². The molecule has 1 N–H and O–H groups in total. The normalized spacial score (nSPS) is 18.5. The van der Waals surface area contributed by atoms with Gasteiger partial charge < -0.3 is 5.11 Å². The number of allylic oxidation sites excluding steroid dienone is 2. The first-order valence-electron chi connectivity index (χ1n) is 6.13. The fraction of sp³-hybridized carbons (Fsp3) is 0.467. The standard InChI is InChI=1S/C15H20O/c1-15(10-11-15)14(9-5-6-12-16)13-7-3-2-4-8-13/h2-4,7-9,16H,5-6,10-12H2,1H3. The number of aliphatic hydroxyl groups excluding tert-OH is 1. The Morgan fingerprint density at radius 2 is 2.00 bits per heavy atom. The second kappa shape index (κ2) is 4.84. The van der Waals surface area contributed by atoms with Crippen LogP contribution in [0, 0.1) is 5.41 Å². The Kier molecular flexibility index (Phi) is 3.45. The molecule has 2 rings (SSSR count). The van der Waals surface area contributed by atoms with E-state index in [1.165, 1.54) is 24.0 Å². The summed E-state index contributed by atoms with van der Waals surface area (Å²) in [7, 11) is 0. The van der Waals surface area contributed by atoms with Gasteiger partial charge in [0.05, 0.1) is 0 Å². The van der Waals surface area contributed by atoms with E-state index in [9.17, 15) is 0 Å². The molecule has 16 heavy (non-hydrogen) atoms. The monoisotopic (exact) mass is 216 g/mol. The van der Waals surface area contributed by atoms with Gasteiger partial charge in [0.1, 0.15) is 0 Å². The number of benzene rings is 1. The van der Waals surface area contributed by atoms with Crippen molar-refractivity contribution in [1.29, 1.82) is 0 Å². The molecule has 0 bridgehead atoms. The van der Waals surface area contributed by atoms with Crippen LogP contribution in [0.1, 0.15) is 38.2 Å². The van der Waals surface area contributed by atoms with Crippen LogP contribution in [-0.2, 0) is 0 Å². The predicted molar refractivity (Wildman–Crippen MR) is 68.1 cm³/mol. The van der Waals surface area contributed by atoms with Crippen molar-refractivity contribution in [3.05, 3.63) is 42.0 Å². The third kappa shape index (κ3) is 2.53. The van der Waals surface area contributed by atoms with E-state index in [-0.39, 0.29) is 6.61 Å². The molecule has 0 atom stereocenters. The second-order valence-corrected chi connectivity index (χ2v) is 4.91. The van der Waals surface area contributed by atoms with Crippen LogP contribution in [0.4, 0.5) is 0 Å². The van der Waals surface area contributed by atoms with Crippen LogP contribution in [0.25, 0.3) is 5.57 Å². The molecule has 1 heteroatoms. The number of aliphatic hydroxyl groups is 1. The highest BCUT2D eigenvalue weighted by Gasteiger charge is 2.40. The van der Waals surface area contributed by atoms with Crippen LogP contribution < -0.4 is 0 Å². The molecular formula is C15H20O. The highest BCUT2D eigenvalue weighted by atomic mass is 16.2. The summed E-state index contributed by atoms with van der Waals surface area (Å²) in [5, 5.41) is 8.84. The fourth-order valence-corrected chi connectivity index (χ4v) is 2.12. The minimum Gasteiger partial charge on any atom is -0.396 e. The van der Waals surface area contributed by atoms with Crippen molar-refractivity contribution in [3.8, 4) is 0 Å². The van der Waals surface area contributed by atoms with Gasteiger partial charge in [-0.05, 0) is 42.2 Å². The van der Waals surface area contributed by atoms with Crippen molar-refractivity contribution in [2.45, 2.75) is 32.6 Å². The Balaban J connectivity index is 2.19. The Bertz CT molecular complexity index is 360. The van der Waals surface area contributed by atoms with Gasteiger partial charge in [-0.3, -0.25) is 0 Å². The first-order chi connectivity index (χ1) is 7.76. The summed E-state index contributed by atoms with van der Waals surface area (Å²) in [4.78, 5) is 0. The first-order valence-corrected chi connectivity index (χ1v) is 6.13. The fourth-order valence-electron chi connectivity index (χ4n) is 2.12. The van der Waals surface area contributed by atoms with Gasteiger partial charge in [-0.15, -0.1) is 0 Å². The SMILES string of the molecule is CC1(C(=CCCCO)c2ccccc2)CC1. The highest BCUT2D eigenvalue weighted by molar-refractivity contribution is 5.72. The van der Waals surface area contributed by atoms with Crippen molar-refractivity contribution in [2.24, 2.45) is 5.41 Å². The maximum absolute atomic E-state index is 8.84. The second-order valence-electron chi connectivity index (χ2n) is 4.91. The summed E-state index contributed by atoms with van der Waals surface area (Å²) in [6, 6.07) is 10.6. The zero-order valence-corrected chi connectivity index (χ0v) is 9.95. The molecule has 0 heterocycles. The Morgan fingerprint density at radius 3 is 2.56 bits per heavy atom. The van der Waals surface area contributed by atoms with Crippen LogP contribution in [0.5, 0.6) is 0 Å². The van der Waals surface area contributed by atoms with Gasteiger partial charge in [0.15, 0.2) is 0 Å². The van der Waals surface area contributed by atoms with Crippen molar-refractivity contribution in [3.63, 3.8) is 0 Å². The molecule has 0 aliphatic heterocycles. The molecule has 0 amide bonds. The van der Waals surface area contributed by atoms with E-state index < -0.39 is 0 Å². The lowest BCUT2D eigenvalue weighted by molar-refractivity contribution is 0.289. The maximum Gasteiger partial charge on any atom is 0.0433 e. The van der Waals surface area contributed by atoms with E-state index in [0.717, 1.165) is 12.8 Å². The largest absolute Gasteiger partial charge is 0.396 e. The Morgan fingerprint density at radius 1 is 1.31 bits per heavy atom. The van der Waals surface area contributed by atoms with Crippen LogP contribution in [-0.4, -0.2) is 11.7 Å². The third-order valence-electron chi connectivity index (χ3n) is 3.45. The Hall–Kier alpha value is -1.08. The van der Waals surface area contributed by atoms with Gasteiger partial charge in [-0.1, -0.05) is 43.3 Å². The highest BCUT2D eigenvalue weighted by Crippen LogP contribution is 2.55. The molecule has 0 radical (unpaired) electrons. The molecule has 1 aliphatic rings. The molecule has 1 saturated carbocycles. The van der Waals surface area contributed by atoms with Gasteiger partial charge >= 0.3 is 0 Å². The lowest BCUT2D eigenvalue weighted by atomic mass is 9.90. The molecule has 1 fully saturated rings. The van der Waals surface area contributed by atoms with Crippen molar-refractivity contribution >= 4 is 5.57 Å². The van der Waals surface area contributed by atoms with Crippen molar-refractivity contribution in [2.75, 3.05) is 6.61 Å². The molecule has 0 unspecified atom stereocenters. The number of hydrogen-bond acceptors (Lipinski definition) is 1. The van der Waals surface area contributed by atoms with Crippen LogP contribution in [0.3, 0.4) is 0 Å². The molecule has 1 aromatic rings. The smallest absolute Gasteiger partial charge is 0.0433 e. The van der Waals surface area contributed by atoms with Crippen molar-refractivity contribution < 1.29 is 5.11 Å². The van der Waals surface area contributed by atoms with E-state index in [1.807, 2.05) is 0 Å². The van der Waals surface area contributed by atoms with E-state index in [2.05, 4.69) is 43.3 Å². The summed E-state index contributed by atoms with van der Waals surface area (Å²) in [6.07, 6.45) is 6.76. The maximum atomic E-state index is 8.84. The average Bonchev–Trinajstić information content (AvgIpc) is 3.05. The minimum atomic E-state index is 0.287. The number of hydrogen-bond donors (Lipinski definition) is 1. The molecular weight excluding hydrogens is 196 g/mol. The molecule has 0 saturated heterocycles. The Labute approximate surface area is 97.8 Å². The number of unbranched alkanes of at least 4 members (excludes halogenated alkanes) is 1. The van der Waals surface area contributed by atoms with Crippen LogP contribution in [0.15, 0.2) is 36.4 Å². The molecule has 0 spiro atoms. The van der Waals surface area contributed by atoms with Crippen molar-refractivity contribution in [1.82, 2.24) is 0 Å². The molecule has 0 aromatic heterocycles. The summed E-state index contributed by atoms with van der Waals surface area (Å²) >= 11 is 0. The third-order valence-corrected chi connectivity index (χ3v) is 3.45. The summed E-state index contributed by atoms with van der Waals surface area (Å²) in [5.41, 5.74) is 3.22. The summed E-state index contributed by atoms with van der Waals surface area (Å²) in [6.45, 7) is 2.63. The molecule has 1 nitrogen and oxygen atoms in total. The quantitative estimate of drug-likeness (QED) is 0.745. The van der Waals surface area contributed by atoms with Crippen LogP contribution >= 0.6 is 0 Å². The van der Waals surface area contributed by atoms with Gasteiger partial charge in [-0.2, -0.15) is 0 Å². The lowest BCUT2D eigenvalue weighted by Gasteiger charge is -2.15. The zero-order valence-electron chi connectivity index (χ0n) is 9.95. The van der Waals surface area contributed by atoms with Gasteiger partial charge in [0.2, 0.25) is 0 Å². The minimum absolute atomic E-state index is 0.287. The van der Waals surface area contributed by atoms with Gasteiger partial charge in [0.25, 0.3) is 0 Å². The lowest BCUT2D eigenvalue weighted by Crippen LogP contribution is -1.98. The zero-order chi connectivity index (χ0) is 11.4. The van der Waals surface area contributed by atoms with Gasteiger partial charge in [0, 0.05) is 6.61 Å². The van der Waals surface area contributed by atoms with E-state index in [1.54, 1.807) is 0 Å². The van der Waals surface area contributed by atoms with E-state index in [4.69, 9.17) is 5.11 Å². The van der Waals surface area contributed by atoms with E-state index >= 15 is 0 Å². The van der Waals surface area contributed by atoms with Gasteiger partial charge in [-0.25, -0.2) is 0 Å². The molecule has 86 valence electrons. The van der Waals surface area contributed by atoms with E-state index in [0.29, 0.717) is 5.41 Å². The molecule has 1 aromatic carbocycles. The van der Waals surface area contributed by atoms with Crippen LogP contribution in [0.2, 0.25) is 0 Å².